The van der Waals surface area contributed by atoms with E-state index in [4.69, 9.17) is 23.7 Å². The number of rotatable bonds is 8. The minimum Gasteiger partial charge on any atom is -0.493 e. The van der Waals surface area contributed by atoms with Crippen molar-refractivity contribution in [3.8, 4) is 28.7 Å². The van der Waals surface area contributed by atoms with Crippen molar-refractivity contribution >= 4 is 23.1 Å². The monoisotopic (exact) mass is 572 g/mol. The van der Waals surface area contributed by atoms with Gasteiger partial charge in [-0.15, -0.1) is 0 Å². The molecule has 1 aliphatic heterocycles. The Morgan fingerprint density at radius 1 is 0.810 bits per heavy atom. The fourth-order valence-electron chi connectivity index (χ4n) is 5.95. The molecule has 1 amide bonds. The number of carbonyl (C=O) groups is 2. The second-order valence-corrected chi connectivity index (χ2v) is 10.2. The maximum absolute atomic E-state index is 14.3. The van der Waals surface area contributed by atoms with Crippen molar-refractivity contribution in [2.75, 3.05) is 45.8 Å². The third-order valence-corrected chi connectivity index (χ3v) is 7.94. The van der Waals surface area contributed by atoms with Gasteiger partial charge in [0, 0.05) is 24.1 Å². The lowest BCUT2D eigenvalue weighted by molar-refractivity contribution is -0.119. The number of amides is 1. The fraction of sp³-hybridized carbons (Fsp3) is 0.333. The maximum Gasteiger partial charge on any atom is 0.227 e. The molecule has 0 aromatic heterocycles. The van der Waals surface area contributed by atoms with Crippen LogP contribution in [0.2, 0.25) is 0 Å². The zero-order chi connectivity index (χ0) is 30.0. The average molecular weight is 573 g/mol. The molecule has 1 N–H and O–H groups in total. The van der Waals surface area contributed by atoms with Crippen molar-refractivity contribution in [3.63, 3.8) is 0 Å². The summed E-state index contributed by atoms with van der Waals surface area (Å²) in [5.74, 6) is 2.27. The molecule has 9 nitrogen and oxygen atoms in total. The van der Waals surface area contributed by atoms with Crippen molar-refractivity contribution in [2.24, 2.45) is 0 Å². The number of ether oxygens (including phenoxy) is 5. The van der Waals surface area contributed by atoms with E-state index in [1.165, 1.54) is 0 Å². The largest absolute Gasteiger partial charge is 0.493 e. The zero-order valence-electron chi connectivity index (χ0n) is 24.8. The highest BCUT2D eigenvalue weighted by atomic mass is 16.5. The number of nitrogens with zero attached hydrogens (tertiary/aromatic N) is 1. The van der Waals surface area contributed by atoms with Crippen molar-refractivity contribution in [1.82, 2.24) is 0 Å². The number of hydrogen-bond acceptors (Lipinski definition) is 8. The molecule has 0 bridgehead atoms. The van der Waals surface area contributed by atoms with Crippen molar-refractivity contribution in [2.45, 2.75) is 38.1 Å². The van der Waals surface area contributed by atoms with E-state index in [0.29, 0.717) is 52.0 Å². The summed E-state index contributed by atoms with van der Waals surface area (Å²) in [6.45, 7) is 1.82. The summed E-state index contributed by atoms with van der Waals surface area (Å²) < 4.78 is 27.9. The number of nitrogens with one attached hydrogen (secondary N) is 1. The first-order chi connectivity index (χ1) is 20.4. The standard InChI is InChI=1S/C33H36N2O7/c1-7-30(37)35-24-11-9-8-10-22(24)34-23-14-20(19-12-13-26(38-2)27(16-19)39-3)15-25(36)31(23)32(35)21-17-28(40-4)33(42-6)29(18-21)41-5/h8-13,16-18,20,32,34H,7,14-15H2,1-6H3/t20-,32-/m1/s1. The number of anilines is 2. The summed E-state index contributed by atoms with van der Waals surface area (Å²) in [5, 5.41) is 3.55. The predicted octanol–water partition coefficient (Wildman–Crippen LogP) is 6.04. The molecule has 0 radical (unpaired) electrons. The number of ketones is 1. The lowest BCUT2D eigenvalue weighted by Crippen LogP contribution is -2.38. The number of carbonyl (C=O) groups excluding carboxylic acids is 2. The van der Waals surface area contributed by atoms with E-state index in [2.05, 4.69) is 5.32 Å². The molecule has 0 saturated heterocycles. The smallest absolute Gasteiger partial charge is 0.227 e. The lowest BCUT2D eigenvalue weighted by Gasteiger charge is -2.35. The van der Waals surface area contributed by atoms with Gasteiger partial charge in [-0.1, -0.05) is 25.1 Å². The molecule has 2 atom stereocenters. The topological polar surface area (TPSA) is 95.6 Å². The third-order valence-electron chi connectivity index (χ3n) is 7.94. The van der Waals surface area contributed by atoms with Gasteiger partial charge in [-0.05, 0) is 59.9 Å². The van der Waals surface area contributed by atoms with Crippen LogP contribution in [0.3, 0.4) is 0 Å². The summed E-state index contributed by atoms with van der Waals surface area (Å²) in [6, 6.07) is 16.3. The molecule has 0 fully saturated rings. The van der Waals surface area contributed by atoms with Gasteiger partial charge >= 0.3 is 0 Å². The van der Waals surface area contributed by atoms with Gasteiger partial charge in [0.2, 0.25) is 11.7 Å². The van der Waals surface area contributed by atoms with Gasteiger partial charge in [0.1, 0.15) is 0 Å². The third kappa shape index (κ3) is 5.00. The first-order valence-corrected chi connectivity index (χ1v) is 13.8. The molecule has 2 aliphatic rings. The molecule has 0 unspecified atom stereocenters. The first kappa shape index (κ1) is 28.9. The first-order valence-electron chi connectivity index (χ1n) is 13.8. The number of allylic oxidation sites excluding steroid dienone is 1. The van der Waals surface area contributed by atoms with Gasteiger partial charge < -0.3 is 29.0 Å². The predicted molar refractivity (Wildman–Crippen MR) is 160 cm³/mol. The molecule has 220 valence electrons. The van der Waals surface area contributed by atoms with Crippen LogP contribution in [0.4, 0.5) is 11.4 Å². The number of Topliss-reactive ketones (excluding diaryl/α,β-unsaturated/α-hetero) is 1. The molecule has 1 heterocycles. The van der Waals surface area contributed by atoms with Crippen LogP contribution < -0.4 is 33.9 Å². The van der Waals surface area contributed by atoms with Gasteiger partial charge in [-0.3, -0.25) is 14.5 Å². The lowest BCUT2D eigenvalue weighted by atomic mass is 9.78. The Morgan fingerprint density at radius 3 is 2.07 bits per heavy atom. The molecule has 5 rings (SSSR count). The van der Waals surface area contributed by atoms with E-state index in [1.54, 1.807) is 40.4 Å². The van der Waals surface area contributed by atoms with Gasteiger partial charge in [0.25, 0.3) is 0 Å². The summed E-state index contributed by atoms with van der Waals surface area (Å²) in [5.41, 5.74) is 4.39. The van der Waals surface area contributed by atoms with Crippen LogP contribution in [0.5, 0.6) is 28.7 Å². The van der Waals surface area contributed by atoms with E-state index < -0.39 is 6.04 Å². The summed E-state index contributed by atoms with van der Waals surface area (Å²) in [4.78, 5) is 29.8. The highest BCUT2D eigenvalue weighted by Crippen LogP contribution is 2.50. The number of hydrogen-bond donors (Lipinski definition) is 1. The van der Waals surface area contributed by atoms with Crippen LogP contribution in [0.1, 0.15) is 49.3 Å². The van der Waals surface area contributed by atoms with Gasteiger partial charge in [-0.25, -0.2) is 0 Å². The molecule has 3 aromatic rings. The average Bonchev–Trinajstić information content (AvgIpc) is 3.17. The summed E-state index contributed by atoms with van der Waals surface area (Å²) in [6.07, 6.45) is 1.07. The minimum absolute atomic E-state index is 0.0519. The Kier molecular flexibility index (Phi) is 8.29. The van der Waals surface area contributed by atoms with Gasteiger partial charge in [-0.2, -0.15) is 0 Å². The van der Waals surface area contributed by atoms with Crippen LogP contribution in [0, 0.1) is 0 Å². The molecule has 9 heteroatoms. The molecule has 3 aromatic carbocycles. The van der Waals surface area contributed by atoms with E-state index in [9.17, 15) is 9.59 Å². The fourth-order valence-corrected chi connectivity index (χ4v) is 5.95. The van der Waals surface area contributed by atoms with Crippen LogP contribution >= 0.6 is 0 Å². The van der Waals surface area contributed by atoms with Crippen LogP contribution in [-0.2, 0) is 9.59 Å². The Hall–Kier alpha value is -4.66. The molecule has 0 spiro atoms. The molecule has 0 saturated carbocycles. The zero-order valence-corrected chi connectivity index (χ0v) is 24.8. The van der Waals surface area contributed by atoms with E-state index in [-0.39, 0.29) is 30.4 Å². The number of para-hydroxylation sites is 2. The van der Waals surface area contributed by atoms with E-state index >= 15 is 0 Å². The number of fused-ring (bicyclic) bond motifs is 1. The molecule has 42 heavy (non-hydrogen) atoms. The normalized spacial score (nSPS) is 17.9. The Bertz CT molecular complexity index is 1520. The highest BCUT2D eigenvalue weighted by molar-refractivity contribution is 6.06. The van der Waals surface area contributed by atoms with E-state index in [0.717, 1.165) is 16.9 Å². The minimum atomic E-state index is -0.726. The second kappa shape index (κ2) is 12.1. The quantitative estimate of drug-likeness (QED) is 0.349. The highest BCUT2D eigenvalue weighted by Gasteiger charge is 2.42. The van der Waals surface area contributed by atoms with Gasteiger partial charge in [0.05, 0.1) is 53.0 Å². The molecular weight excluding hydrogens is 536 g/mol. The van der Waals surface area contributed by atoms with Crippen LogP contribution in [0.15, 0.2) is 65.9 Å². The summed E-state index contributed by atoms with van der Waals surface area (Å²) >= 11 is 0. The van der Waals surface area contributed by atoms with Crippen molar-refractivity contribution < 1.29 is 33.3 Å². The SMILES string of the molecule is CCC(=O)N1c2ccccc2NC2=C(C(=O)C[C@H](c3ccc(OC)c(OC)c3)C2)[C@H]1c1cc(OC)c(OC)c(OC)c1. The molecule has 1 aliphatic carbocycles. The maximum atomic E-state index is 14.3. The second-order valence-electron chi connectivity index (χ2n) is 10.2. The number of benzene rings is 3. The Labute approximate surface area is 246 Å². The van der Waals surface area contributed by atoms with E-state index in [1.807, 2.05) is 61.5 Å². The van der Waals surface area contributed by atoms with Crippen molar-refractivity contribution in [3.05, 3.63) is 77.0 Å². The van der Waals surface area contributed by atoms with Crippen LogP contribution in [0.25, 0.3) is 0 Å². The number of methoxy groups -OCH3 is 5. The summed E-state index contributed by atoms with van der Waals surface area (Å²) in [7, 11) is 7.82. The van der Waals surface area contributed by atoms with Crippen molar-refractivity contribution in [1.29, 1.82) is 0 Å². The Morgan fingerprint density at radius 2 is 1.45 bits per heavy atom. The van der Waals surface area contributed by atoms with Gasteiger partial charge in [0.15, 0.2) is 28.8 Å². The molecular formula is C33H36N2O7. The Balaban J connectivity index is 1.73. The van der Waals surface area contributed by atoms with Crippen LogP contribution in [-0.4, -0.2) is 47.2 Å².